The van der Waals surface area contributed by atoms with E-state index in [1.54, 1.807) is 13.8 Å². The van der Waals surface area contributed by atoms with Crippen molar-refractivity contribution in [3.8, 4) is 0 Å². The average Bonchev–Trinajstić information content (AvgIpc) is 2.42. The summed E-state index contributed by atoms with van der Waals surface area (Å²) >= 11 is 0. The summed E-state index contributed by atoms with van der Waals surface area (Å²) in [5.41, 5.74) is 2.33. The molecule has 0 amide bonds. The number of hydrogen-bond donors (Lipinski definition) is 0. The molecule has 0 aliphatic carbocycles. The van der Waals surface area contributed by atoms with E-state index in [1.807, 2.05) is 55.4 Å². The predicted octanol–water partition coefficient (Wildman–Crippen LogP) is 10.6. The Morgan fingerprint density at radius 1 is 0.633 bits per heavy atom. The van der Waals surface area contributed by atoms with Gasteiger partial charge in [0.2, 0.25) is 0 Å². The van der Waals surface area contributed by atoms with E-state index in [4.69, 9.17) is 0 Å². The quantitative estimate of drug-likeness (QED) is 0.389. The zero-order valence-electron chi connectivity index (χ0n) is 22.7. The van der Waals surface area contributed by atoms with Gasteiger partial charge in [0, 0.05) is 5.57 Å². The van der Waals surface area contributed by atoms with Crippen LogP contribution in [0.15, 0.2) is 35.7 Å². The standard InChI is InChI=1S/C9H16F2.C9H17F.C9H18/c1-6(2)7(8(10)11)9(3,4)5;1-7(2)8(6-10)9(3,4)5;1-7(2)8(3)9(4,5)6/h6H,1-5H3;6-7H,1-5H3;7H,3H2,1-2,4-6H3. The third kappa shape index (κ3) is 14.9. The largest absolute Gasteiger partial charge is 0.270 e. The minimum atomic E-state index is -1.52. The Bertz CT molecular complexity index is 550. The smallest absolute Gasteiger partial charge is 0.216 e. The van der Waals surface area contributed by atoms with E-state index < -0.39 is 11.5 Å². The molecule has 0 unspecified atom stereocenters. The van der Waals surface area contributed by atoms with Crippen molar-refractivity contribution in [1.82, 2.24) is 0 Å². The van der Waals surface area contributed by atoms with Gasteiger partial charge in [-0.15, -0.1) is 0 Å². The average molecular weight is 433 g/mol. The van der Waals surface area contributed by atoms with E-state index in [2.05, 4.69) is 41.2 Å². The summed E-state index contributed by atoms with van der Waals surface area (Å²) in [5.74, 6) is 0.856. The molecule has 0 nitrogen and oxygen atoms in total. The van der Waals surface area contributed by atoms with Gasteiger partial charge in [0.25, 0.3) is 6.08 Å². The second kappa shape index (κ2) is 13.4. The molecule has 0 aromatic heterocycles. The molecule has 0 bridgehead atoms. The van der Waals surface area contributed by atoms with Crippen LogP contribution < -0.4 is 0 Å². The third-order valence-corrected chi connectivity index (χ3v) is 4.85. The van der Waals surface area contributed by atoms with Crippen LogP contribution in [-0.4, -0.2) is 0 Å². The Balaban J connectivity index is -0.000000366. The number of halogens is 3. The van der Waals surface area contributed by atoms with Crippen LogP contribution in [0.3, 0.4) is 0 Å². The molecule has 0 saturated heterocycles. The Labute approximate surface area is 187 Å². The van der Waals surface area contributed by atoms with Crippen molar-refractivity contribution in [3.05, 3.63) is 35.7 Å². The van der Waals surface area contributed by atoms with Crippen LogP contribution in [0.4, 0.5) is 13.2 Å². The van der Waals surface area contributed by atoms with Crippen molar-refractivity contribution in [3.63, 3.8) is 0 Å². The van der Waals surface area contributed by atoms with Crippen LogP contribution >= 0.6 is 0 Å². The summed E-state index contributed by atoms with van der Waals surface area (Å²) in [6, 6.07) is 0. The first kappa shape index (κ1) is 33.6. The Morgan fingerprint density at radius 3 is 1.00 bits per heavy atom. The first-order valence-electron chi connectivity index (χ1n) is 11.1. The maximum absolute atomic E-state index is 12.3. The molecule has 30 heavy (non-hydrogen) atoms. The van der Waals surface area contributed by atoms with Crippen molar-refractivity contribution in [2.75, 3.05) is 0 Å². The molecule has 0 N–H and O–H groups in total. The Kier molecular flexibility index (Phi) is 15.1. The van der Waals surface area contributed by atoms with Crippen molar-refractivity contribution < 1.29 is 13.2 Å². The number of rotatable bonds is 3. The molecule has 180 valence electrons. The lowest BCUT2D eigenvalue weighted by atomic mass is 9.81. The topological polar surface area (TPSA) is 0 Å². The van der Waals surface area contributed by atoms with Crippen LogP contribution in [0.2, 0.25) is 0 Å². The summed E-state index contributed by atoms with van der Waals surface area (Å²) in [4.78, 5) is 0. The molecular formula is C27H51F3. The first-order chi connectivity index (χ1) is 13.0. The highest BCUT2D eigenvalue weighted by Gasteiger charge is 2.24. The van der Waals surface area contributed by atoms with Crippen LogP contribution in [0.1, 0.15) is 104 Å². The second-order valence-electron chi connectivity index (χ2n) is 12.0. The van der Waals surface area contributed by atoms with Crippen LogP contribution in [0.25, 0.3) is 0 Å². The molecule has 0 heterocycles. The van der Waals surface area contributed by atoms with Crippen LogP contribution in [0.5, 0.6) is 0 Å². The third-order valence-electron chi connectivity index (χ3n) is 4.85. The van der Waals surface area contributed by atoms with Gasteiger partial charge in [-0.25, -0.2) is 4.39 Å². The lowest BCUT2D eigenvalue weighted by Gasteiger charge is -2.24. The van der Waals surface area contributed by atoms with E-state index >= 15 is 0 Å². The van der Waals surface area contributed by atoms with E-state index in [9.17, 15) is 13.2 Å². The fraction of sp³-hybridized carbons (Fsp3) is 0.778. The van der Waals surface area contributed by atoms with E-state index in [1.165, 1.54) is 5.57 Å². The van der Waals surface area contributed by atoms with Gasteiger partial charge in [0.05, 0.1) is 6.33 Å². The van der Waals surface area contributed by atoms with Crippen LogP contribution in [0, 0.1) is 34.0 Å². The van der Waals surface area contributed by atoms with Crippen LogP contribution in [-0.2, 0) is 0 Å². The summed E-state index contributed by atoms with van der Waals surface area (Å²) in [5, 5.41) is 0. The number of hydrogen-bond acceptors (Lipinski definition) is 0. The summed E-state index contributed by atoms with van der Waals surface area (Å²) < 4.78 is 36.9. The molecule has 3 heteroatoms. The highest BCUT2D eigenvalue weighted by molar-refractivity contribution is 5.13. The summed E-state index contributed by atoms with van der Waals surface area (Å²) in [7, 11) is 0. The molecule has 0 fully saturated rings. The minimum Gasteiger partial charge on any atom is -0.216 e. The van der Waals surface area contributed by atoms with E-state index in [-0.39, 0.29) is 22.3 Å². The van der Waals surface area contributed by atoms with Gasteiger partial charge in [-0.3, -0.25) is 0 Å². The normalized spacial score (nSPS) is 12.9. The zero-order valence-corrected chi connectivity index (χ0v) is 22.7. The molecule has 0 atom stereocenters. The molecule has 0 aromatic carbocycles. The lowest BCUT2D eigenvalue weighted by molar-refractivity contribution is 0.344. The van der Waals surface area contributed by atoms with E-state index in [0.29, 0.717) is 11.8 Å². The maximum atomic E-state index is 12.3. The highest BCUT2D eigenvalue weighted by Crippen LogP contribution is 2.34. The molecule has 0 rings (SSSR count). The Hall–Kier alpha value is -0.990. The molecule has 0 aromatic rings. The molecule has 0 spiro atoms. The monoisotopic (exact) mass is 432 g/mol. The Morgan fingerprint density at radius 2 is 1.00 bits per heavy atom. The maximum Gasteiger partial charge on any atom is 0.270 e. The molecule has 0 saturated carbocycles. The molecular weight excluding hydrogens is 381 g/mol. The summed E-state index contributed by atoms with van der Waals surface area (Å²) in [6.45, 7) is 34.1. The molecule has 0 radical (unpaired) electrons. The molecule has 0 aliphatic heterocycles. The van der Waals surface area contributed by atoms with Crippen molar-refractivity contribution in [2.45, 2.75) is 104 Å². The minimum absolute atomic E-state index is 0.0249. The van der Waals surface area contributed by atoms with E-state index in [0.717, 1.165) is 11.9 Å². The lowest BCUT2D eigenvalue weighted by Crippen LogP contribution is -2.15. The SMILES string of the molecule is C=C(C(C)C)C(C)(C)C.CC(C)C(=C(F)F)C(C)(C)C.CC(C)C(=CF)C(C)(C)C. The first-order valence-corrected chi connectivity index (χ1v) is 11.1. The van der Waals surface area contributed by atoms with Gasteiger partial charge in [0.1, 0.15) is 0 Å². The van der Waals surface area contributed by atoms with Crippen molar-refractivity contribution in [2.24, 2.45) is 34.0 Å². The fourth-order valence-corrected chi connectivity index (χ4v) is 3.39. The fourth-order valence-electron chi connectivity index (χ4n) is 3.39. The number of allylic oxidation sites excluding steroid dienone is 3. The van der Waals surface area contributed by atoms with Gasteiger partial charge >= 0.3 is 0 Å². The second-order valence-corrected chi connectivity index (χ2v) is 12.0. The van der Waals surface area contributed by atoms with Gasteiger partial charge in [-0.05, 0) is 39.6 Å². The summed E-state index contributed by atoms with van der Waals surface area (Å²) in [6.07, 6.45) is -0.780. The molecule has 0 aliphatic rings. The van der Waals surface area contributed by atoms with Gasteiger partial charge in [-0.1, -0.05) is 116 Å². The highest BCUT2D eigenvalue weighted by atomic mass is 19.3. The predicted molar refractivity (Wildman–Crippen MR) is 130 cm³/mol. The van der Waals surface area contributed by atoms with Gasteiger partial charge < -0.3 is 0 Å². The van der Waals surface area contributed by atoms with Crippen molar-refractivity contribution >= 4 is 0 Å². The zero-order chi connectivity index (χ0) is 25.2. The van der Waals surface area contributed by atoms with Crippen molar-refractivity contribution in [1.29, 1.82) is 0 Å². The van der Waals surface area contributed by atoms with Gasteiger partial charge in [0.15, 0.2) is 0 Å². The van der Waals surface area contributed by atoms with Gasteiger partial charge in [-0.2, -0.15) is 8.78 Å².